The molecule has 4 nitrogen and oxygen atoms in total. The van der Waals surface area contributed by atoms with Crippen LogP contribution in [-0.2, 0) is 18.3 Å². The van der Waals surface area contributed by atoms with Gasteiger partial charge in [0.15, 0.2) is 10.6 Å². The first-order valence-electron chi connectivity index (χ1n) is 8.02. The molecule has 27 heavy (non-hydrogen) atoms. The minimum atomic E-state index is -0.737. The van der Waals surface area contributed by atoms with E-state index in [0.717, 1.165) is 23.4 Å². The Bertz CT molecular complexity index is 1080. The van der Waals surface area contributed by atoms with Gasteiger partial charge in [-0.05, 0) is 36.8 Å². The number of amides is 1. The lowest BCUT2D eigenvalue weighted by Gasteiger charge is -2.07. The zero-order valence-corrected chi connectivity index (χ0v) is 16.2. The zero-order chi connectivity index (χ0) is 19.6. The molecule has 0 aliphatic rings. The van der Waals surface area contributed by atoms with E-state index in [1.807, 2.05) is 13.0 Å². The number of halogens is 3. The number of carbonyl (C=O) groups is 1. The average Bonchev–Trinajstić information content (AvgIpc) is 2.94. The van der Waals surface area contributed by atoms with Gasteiger partial charge in [0, 0.05) is 34.9 Å². The highest BCUT2D eigenvalue weighted by Crippen LogP contribution is 2.20. The lowest BCUT2D eigenvalue weighted by Crippen LogP contribution is -2.19. The van der Waals surface area contributed by atoms with Crippen LogP contribution in [0.1, 0.15) is 11.3 Å². The lowest BCUT2D eigenvalue weighted by molar-refractivity contribution is -0.115. The monoisotopic (exact) mass is 407 g/mol. The second-order valence-corrected chi connectivity index (χ2v) is 7.21. The normalized spacial score (nSPS) is 11.7. The van der Waals surface area contributed by atoms with E-state index in [4.69, 9.17) is 11.6 Å². The van der Waals surface area contributed by atoms with Gasteiger partial charge >= 0.3 is 0 Å². The van der Waals surface area contributed by atoms with E-state index in [-0.39, 0.29) is 18.0 Å². The number of rotatable bonds is 4. The van der Waals surface area contributed by atoms with Crippen LogP contribution in [0.4, 0.5) is 20.2 Å². The SMILES string of the molecule is Cc1ccc(NC(=O)Cc2csc(=Nc3ccc(F)cc3F)n2C)cc1Cl. The first-order valence-corrected chi connectivity index (χ1v) is 9.28. The van der Waals surface area contributed by atoms with E-state index in [9.17, 15) is 13.6 Å². The van der Waals surface area contributed by atoms with Crippen LogP contribution < -0.4 is 10.1 Å². The fourth-order valence-electron chi connectivity index (χ4n) is 2.38. The van der Waals surface area contributed by atoms with Crippen molar-refractivity contribution in [2.45, 2.75) is 13.3 Å². The largest absolute Gasteiger partial charge is 0.326 e. The van der Waals surface area contributed by atoms with Gasteiger partial charge in [0.1, 0.15) is 11.5 Å². The quantitative estimate of drug-likeness (QED) is 0.667. The first-order chi connectivity index (χ1) is 12.8. The Morgan fingerprint density at radius 2 is 2.04 bits per heavy atom. The number of hydrogen-bond donors (Lipinski definition) is 1. The van der Waals surface area contributed by atoms with Crippen LogP contribution in [0.2, 0.25) is 5.02 Å². The molecule has 0 radical (unpaired) electrons. The number of carbonyl (C=O) groups excluding carboxylic acids is 1. The van der Waals surface area contributed by atoms with E-state index < -0.39 is 11.6 Å². The van der Waals surface area contributed by atoms with Gasteiger partial charge in [0.25, 0.3) is 0 Å². The third kappa shape index (κ3) is 4.61. The number of anilines is 1. The van der Waals surface area contributed by atoms with Gasteiger partial charge < -0.3 is 9.88 Å². The molecule has 0 bridgehead atoms. The van der Waals surface area contributed by atoms with E-state index in [1.54, 1.807) is 29.1 Å². The summed E-state index contributed by atoms with van der Waals surface area (Å²) in [5, 5.41) is 5.16. The second-order valence-electron chi connectivity index (χ2n) is 5.97. The molecule has 3 rings (SSSR count). The van der Waals surface area contributed by atoms with Crippen LogP contribution in [0.25, 0.3) is 0 Å². The Labute approximate surface area is 163 Å². The highest BCUT2D eigenvalue weighted by molar-refractivity contribution is 7.07. The number of hydrogen-bond acceptors (Lipinski definition) is 3. The molecule has 0 aliphatic carbocycles. The third-order valence-electron chi connectivity index (χ3n) is 3.94. The molecule has 1 amide bonds. The minimum Gasteiger partial charge on any atom is -0.326 e. The Kier molecular flexibility index (Phi) is 5.72. The highest BCUT2D eigenvalue weighted by atomic mass is 35.5. The standard InChI is InChI=1S/C19H16ClF2N3OS/c1-11-3-5-13(8-15(11)20)23-18(26)9-14-10-27-19(25(14)2)24-17-6-4-12(21)7-16(17)22/h3-8,10H,9H2,1-2H3,(H,23,26). The van der Waals surface area contributed by atoms with Crippen LogP contribution >= 0.6 is 22.9 Å². The van der Waals surface area contributed by atoms with Crippen molar-refractivity contribution < 1.29 is 13.6 Å². The summed E-state index contributed by atoms with van der Waals surface area (Å²) < 4.78 is 28.5. The maximum Gasteiger partial charge on any atom is 0.230 e. The van der Waals surface area contributed by atoms with Gasteiger partial charge in [-0.25, -0.2) is 13.8 Å². The smallest absolute Gasteiger partial charge is 0.230 e. The molecule has 3 aromatic rings. The van der Waals surface area contributed by atoms with E-state index in [2.05, 4.69) is 10.3 Å². The summed E-state index contributed by atoms with van der Waals surface area (Å²) in [5.41, 5.74) is 2.31. The first kappa shape index (κ1) is 19.3. The number of benzene rings is 2. The third-order valence-corrected chi connectivity index (χ3v) is 5.31. The number of thiazole rings is 1. The maximum absolute atomic E-state index is 13.8. The van der Waals surface area contributed by atoms with Gasteiger partial charge in [-0.3, -0.25) is 4.79 Å². The van der Waals surface area contributed by atoms with Gasteiger partial charge in [0.05, 0.1) is 6.42 Å². The lowest BCUT2D eigenvalue weighted by atomic mass is 10.2. The van der Waals surface area contributed by atoms with Crippen LogP contribution in [0.5, 0.6) is 0 Å². The number of aryl methyl sites for hydroxylation is 1. The fourth-order valence-corrected chi connectivity index (χ4v) is 3.47. The molecule has 1 aromatic heterocycles. The molecule has 0 aliphatic heterocycles. The molecule has 0 unspecified atom stereocenters. The molecule has 0 spiro atoms. The number of nitrogens with one attached hydrogen (secondary N) is 1. The summed E-state index contributed by atoms with van der Waals surface area (Å²) >= 11 is 7.34. The summed E-state index contributed by atoms with van der Waals surface area (Å²) in [4.78, 5) is 17.0. The molecule has 0 fully saturated rings. The average molecular weight is 408 g/mol. The Hall–Kier alpha value is -2.51. The van der Waals surface area contributed by atoms with Crippen molar-refractivity contribution >= 4 is 40.2 Å². The van der Waals surface area contributed by atoms with E-state index in [1.165, 1.54) is 17.4 Å². The predicted octanol–water partition coefficient (Wildman–Crippen LogP) is 4.74. The van der Waals surface area contributed by atoms with Crippen molar-refractivity contribution in [3.63, 3.8) is 0 Å². The Morgan fingerprint density at radius 3 is 2.74 bits per heavy atom. The van der Waals surface area contributed by atoms with Crippen molar-refractivity contribution in [2.24, 2.45) is 12.0 Å². The Morgan fingerprint density at radius 1 is 1.26 bits per heavy atom. The molecular formula is C19H16ClF2N3OS. The molecule has 2 aromatic carbocycles. The summed E-state index contributed by atoms with van der Waals surface area (Å²) in [6.07, 6.45) is 0.125. The molecule has 0 saturated heterocycles. The van der Waals surface area contributed by atoms with Crippen molar-refractivity contribution in [1.29, 1.82) is 0 Å². The number of aromatic nitrogens is 1. The molecule has 8 heteroatoms. The summed E-state index contributed by atoms with van der Waals surface area (Å²) in [6, 6.07) is 8.52. The van der Waals surface area contributed by atoms with Crippen LogP contribution in [0.3, 0.4) is 0 Å². The molecule has 0 atom stereocenters. The molecule has 0 saturated carbocycles. The van der Waals surface area contributed by atoms with Gasteiger partial charge in [-0.1, -0.05) is 17.7 Å². The highest BCUT2D eigenvalue weighted by Gasteiger charge is 2.10. The second kappa shape index (κ2) is 8.02. The van der Waals surface area contributed by atoms with Crippen LogP contribution in [0, 0.1) is 18.6 Å². The van der Waals surface area contributed by atoms with Gasteiger partial charge in [-0.15, -0.1) is 11.3 Å². The Balaban J connectivity index is 1.77. The van der Waals surface area contributed by atoms with Crippen LogP contribution in [-0.4, -0.2) is 10.5 Å². The molecule has 1 heterocycles. The number of nitrogens with zero attached hydrogens (tertiary/aromatic N) is 2. The summed E-state index contributed by atoms with van der Waals surface area (Å²) in [5.74, 6) is -1.60. The molecule has 1 N–H and O–H groups in total. The summed E-state index contributed by atoms with van der Waals surface area (Å²) in [6.45, 7) is 1.88. The van der Waals surface area contributed by atoms with E-state index >= 15 is 0 Å². The predicted molar refractivity (Wildman–Crippen MR) is 103 cm³/mol. The molecule has 140 valence electrons. The minimum absolute atomic E-state index is 0.0409. The molecular weight excluding hydrogens is 392 g/mol. The fraction of sp³-hybridized carbons (Fsp3) is 0.158. The van der Waals surface area contributed by atoms with Gasteiger partial charge in [0.2, 0.25) is 5.91 Å². The maximum atomic E-state index is 13.8. The van der Waals surface area contributed by atoms with Crippen molar-refractivity contribution in [3.05, 3.63) is 74.5 Å². The van der Waals surface area contributed by atoms with E-state index in [0.29, 0.717) is 15.5 Å². The van der Waals surface area contributed by atoms with Gasteiger partial charge in [-0.2, -0.15) is 0 Å². The van der Waals surface area contributed by atoms with Crippen LogP contribution in [0.15, 0.2) is 46.8 Å². The summed E-state index contributed by atoms with van der Waals surface area (Å²) in [7, 11) is 1.74. The van der Waals surface area contributed by atoms with Crippen molar-refractivity contribution in [1.82, 2.24) is 4.57 Å². The topological polar surface area (TPSA) is 46.4 Å². The van der Waals surface area contributed by atoms with Crippen molar-refractivity contribution in [3.8, 4) is 0 Å². The zero-order valence-electron chi connectivity index (χ0n) is 14.6. The van der Waals surface area contributed by atoms with Crippen molar-refractivity contribution in [2.75, 3.05) is 5.32 Å².